The summed E-state index contributed by atoms with van der Waals surface area (Å²) in [6.07, 6.45) is -0.295. The van der Waals surface area contributed by atoms with Gasteiger partial charge in [-0.25, -0.2) is 17.1 Å². The molecule has 0 aliphatic rings. The van der Waals surface area contributed by atoms with Crippen LogP contribution in [0.4, 0.5) is 10.1 Å². The largest absolute Gasteiger partial charge is 0.399 e. The number of anilines is 1. The van der Waals surface area contributed by atoms with Crippen molar-refractivity contribution in [2.45, 2.75) is 31.3 Å². The van der Waals surface area contributed by atoms with Gasteiger partial charge in [0.2, 0.25) is 10.0 Å². The van der Waals surface area contributed by atoms with E-state index in [9.17, 15) is 17.9 Å². The van der Waals surface area contributed by atoms with E-state index in [1.54, 1.807) is 6.92 Å². The van der Waals surface area contributed by atoms with Crippen LogP contribution in [0.25, 0.3) is 0 Å². The molecule has 0 radical (unpaired) electrons. The van der Waals surface area contributed by atoms with Crippen LogP contribution in [0.5, 0.6) is 0 Å². The molecule has 0 bridgehead atoms. The van der Waals surface area contributed by atoms with Gasteiger partial charge in [-0.3, -0.25) is 0 Å². The predicted molar refractivity (Wildman–Crippen MR) is 71.7 cm³/mol. The highest BCUT2D eigenvalue weighted by Gasteiger charge is 2.24. The van der Waals surface area contributed by atoms with E-state index in [2.05, 4.69) is 0 Å². The number of hydrogen-bond acceptors (Lipinski definition) is 4. The Balaban J connectivity index is 3.13. The fourth-order valence-corrected chi connectivity index (χ4v) is 3.05. The average molecular weight is 290 g/mol. The van der Waals surface area contributed by atoms with E-state index in [0.29, 0.717) is 6.42 Å². The van der Waals surface area contributed by atoms with Crippen molar-refractivity contribution in [3.63, 3.8) is 0 Å². The zero-order valence-corrected chi connectivity index (χ0v) is 12.0. The molecule has 0 aliphatic carbocycles. The first-order chi connectivity index (χ1) is 8.66. The minimum atomic E-state index is -3.81. The number of halogens is 1. The van der Waals surface area contributed by atoms with E-state index in [4.69, 9.17) is 5.73 Å². The summed E-state index contributed by atoms with van der Waals surface area (Å²) in [6.45, 7) is 3.12. The Labute approximate surface area is 112 Å². The zero-order chi connectivity index (χ0) is 14.8. The summed E-state index contributed by atoms with van der Waals surface area (Å²) in [4.78, 5) is -0.141. The molecule has 3 N–H and O–H groups in total. The van der Waals surface area contributed by atoms with Crippen molar-refractivity contribution in [3.05, 3.63) is 23.5 Å². The molecule has 1 atom stereocenters. The van der Waals surface area contributed by atoms with Crippen molar-refractivity contribution in [2.75, 3.05) is 19.3 Å². The fourth-order valence-electron chi connectivity index (χ4n) is 1.60. The fraction of sp³-hybridized carbons (Fsp3) is 0.500. The molecule has 5 nitrogen and oxygen atoms in total. The van der Waals surface area contributed by atoms with Crippen LogP contribution in [-0.4, -0.2) is 37.5 Å². The molecule has 0 amide bonds. The third kappa shape index (κ3) is 3.65. The summed E-state index contributed by atoms with van der Waals surface area (Å²) in [5.41, 5.74) is 5.59. The highest BCUT2D eigenvalue weighted by atomic mass is 32.2. The summed E-state index contributed by atoms with van der Waals surface area (Å²) in [5, 5.41) is 9.18. The lowest BCUT2D eigenvalue weighted by Crippen LogP contribution is -2.30. The lowest BCUT2D eigenvalue weighted by atomic mass is 10.2. The van der Waals surface area contributed by atoms with Gasteiger partial charge in [-0.2, -0.15) is 0 Å². The molecule has 108 valence electrons. The van der Waals surface area contributed by atoms with Gasteiger partial charge in [0, 0.05) is 24.8 Å². The van der Waals surface area contributed by atoms with Gasteiger partial charge in [0.15, 0.2) is 0 Å². The maximum atomic E-state index is 13.5. The quantitative estimate of drug-likeness (QED) is 0.796. The Bertz CT molecular complexity index is 558. The van der Waals surface area contributed by atoms with Gasteiger partial charge in [0.1, 0.15) is 5.82 Å². The molecule has 0 spiro atoms. The highest BCUT2D eigenvalue weighted by molar-refractivity contribution is 7.89. The van der Waals surface area contributed by atoms with Gasteiger partial charge in [0.05, 0.1) is 11.0 Å². The third-order valence-corrected chi connectivity index (χ3v) is 4.85. The van der Waals surface area contributed by atoms with Crippen molar-refractivity contribution >= 4 is 15.7 Å². The SMILES string of the molecule is Cc1c(F)cc(N)cc1S(=O)(=O)N(C)CCC(C)O. The first-order valence-corrected chi connectivity index (χ1v) is 7.30. The summed E-state index contributed by atoms with van der Waals surface area (Å²) >= 11 is 0. The average Bonchev–Trinajstić information content (AvgIpc) is 2.30. The van der Waals surface area contributed by atoms with Crippen molar-refractivity contribution in [1.82, 2.24) is 4.31 Å². The smallest absolute Gasteiger partial charge is 0.243 e. The van der Waals surface area contributed by atoms with Crippen LogP contribution in [0, 0.1) is 12.7 Å². The summed E-state index contributed by atoms with van der Waals surface area (Å²) < 4.78 is 39.2. The molecule has 0 heterocycles. The summed E-state index contributed by atoms with van der Waals surface area (Å²) in [5.74, 6) is -0.650. The lowest BCUT2D eigenvalue weighted by Gasteiger charge is -2.19. The van der Waals surface area contributed by atoms with Gasteiger partial charge in [0.25, 0.3) is 0 Å². The standard InChI is InChI=1S/C12H19FN2O3S/c1-8(16)4-5-15(3)19(17,18)12-7-10(14)6-11(13)9(12)2/h6-8,16H,4-5,14H2,1-3H3. The molecule has 0 saturated carbocycles. The number of rotatable bonds is 5. The molecular formula is C12H19FN2O3S. The second-order valence-corrected chi connectivity index (χ2v) is 6.60. The van der Waals surface area contributed by atoms with Gasteiger partial charge < -0.3 is 10.8 Å². The molecule has 0 aliphatic heterocycles. The van der Waals surface area contributed by atoms with Crippen LogP contribution in [0.3, 0.4) is 0 Å². The number of benzene rings is 1. The number of aliphatic hydroxyl groups excluding tert-OH is 1. The molecule has 1 aromatic rings. The predicted octanol–water partition coefficient (Wildman–Crippen LogP) is 1.11. The number of hydrogen-bond donors (Lipinski definition) is 2. The Kier molecular flexibility index (Phi) is 4.89. The Morgan fingerprint density at radius 1 is 1.47 bits per heavy atom. The first kappa shape index (κ1) is 15.9. The van der Waals surface area contributed by atoms with Gasteiger partial charge in [-0.15, -0.1) is 0 Å². The number of sulfonamides is 1. The van der Waals surface area contributed by atoms with Gasteiger partial charge >= 0.3 is 0 Å². The Hall–Kier alpha value is -1.18. The van der Waals surface area contributed by atoms with Crippen LogP contribution in [0.1, 0.15) is 18.9 Å². The molecule has 0 fully saturated rings. The lowest BCUT2D eigenvalue weighted by molar-refractivity contribution is 0.177. The summed E-state index contributed by atoms with van der Waals surface area (Å²) in [7, 11) is -2.42. The first-order valence-electron chi connectivity index (χ1n) is 5.86. The normalized spacial score (nSPS) is 13.8. The van der Waals surface area contributed by atoms with E-state index in [0.717, 1.165) is 10.4 Å². The van der Waals surface area contributed by atoms with E-state index in [1.165, 1.54) is 20.0 Å². The van der Waals surface area contributed by atoms with Crippen LogP contribution >= 0.6 is 0 Å². The van der Waals surface area contributed by atoms with Crippen molar-refractivity contribution in [3.8, 4) is 0 Å². The molecular weight excluding hydrogens is 271 g/mol. The van der Waals surface area contributed by atoms with E-state index < -0.39 is 21.9 Å². The Morgan fingerprint density at radius 2 is 2.05 bits per heavy atom. The zero-order valence-electron chi connectivity index (χ0n) is 11.2. The van der Waals surface area contributed by atoms with Crippen molar-refractivity contribution in [2.24, 2.45) is 0 Å². The number of nitrogen functional groups attached to an aromatic ring is 1. The molecule has 0 aromatic heterocycles. The van der Waals surface area contributed by atoms with Gasteiger partial charge in [-0.1, -0.05) is 0 Å². The number of nitrogens with zero attached hydrogens (tertiary/aromatic N) is 1. The third-order valence-electron chi connectivity index (χ3n) is 2.87. The number of aliphatic hydroxyl groups is 1. The Morgan fingerprint density at radius 3 is 2.58 bits per heavy atom. The molecule has 0 saturated heterocycles. The molecule has 1 aromatic carbocycles. The minimum Gasteiger partial charge on any atom is -0.399 e. The summed E-state index contributed by atoms with van der Waals surface area (Å²) in [6, 6.07) is 2.33. The molecule has 1 unspecified atom stereocenters. The van der Waals surface area contributed by atoms with Crippen LogP contribution in [0.15, 0.2) is 17.0 Å². The van der Waals surface area contributed by atoms with Crippen LogP contribution in [0.2, 0.25) is 0 Å². The molecule has 1 rings (SSSR count). The maximum absolute atomic E-state index is 13.5. The van der Waals surface area contributed by atoms with E-state index in [1.807, 2.05) is 0 Å². The van der Waals surface area contributed by atoms with E-state index >= 15 is 0 Å². The second kappa shape index (κ2) is 5.85. The van der Waals surface area contributed by atoms with Gasteiger partial charge in [-0.05, 0) is 32.4 Å². The van der Waals surface area contributed by atoms with E-state index in [-0.39, 0.29) is 22.7 Å². The monoisotopic (exact) mass is 290 g/mol. The maximum Gasteiger partial charge on any atom is 0.243 e. The second-order valence-electron chi connectivity index (χ2n) is 4.59. The van der Waals surface area contributed by atoms with Crippen LogP contribution < -0.4 is 5.73 Å². The van der Waals surface area contributed by atoms with Crippen LogP contribution in [-0.2, 0) is 10.0 Å². The van der Waals surface area contributed by atoms with Crippen molar-refractivity contribution < 1.29 is 17.9 Å². The highest BCUT2D eigenvalue weighted by Crippen LogP contribution is 2.24. The minimum absolute atomic E-state index is 0.0399. The number of nitrogens with two attached hydrogens (primary N) is 1. The molecule has 7 heteroatoms. The molecule has 19 heavy (non-hydrogen) atoms. The van der Waals surface area contributed by atoms with Crippen molar-refractivity contribution in [1.29, 1.82) is 0 Å². The topological polar surface area (TPSA) is 83.6 Å².